The largest absolute Gasteiger partial charge is 0.466 e. The van der Waals surface area contributed by atoms with Crippen molar-refractivity contribution >= 4 is 5.97 Å². The van der Waals surface area contributed by atoms with Crippen molar-refractivity contribution in [2.24, 2.45) is 0 Å². The molecule has 0 aromatic carbocycles. The molecule has 0 amide bonds. The second-order valence-corrected chi connectivity index (χ2v) is 3.06. The van der Waals surface area contributed by atoms with Gasteiger partial charge in [-0.1, -0.05) is 0 Å². The number of carbonyl (C=O) groups excluding carboxylic acids is 1. The van der Waals surface area contributed by atoms with Crippen molar-refractivity contribution in [3.8, 4) is 0 Å². The monoisotopic (exact) mass is 170 g/mol. The third-order valence-corrected chi connectivity index (χ3v) is 2.31. The molecular formula is C9H14O3. The van der Waals surface area contributed by atoms with Gasteiger partial charge in [-0.25, -0.2) is 4.79 Å². The lowest BCUT2D eigenvalue weighted by molar-refractivity contribution is -0.136. The number of aliphatic hydroxyl groups excluding tert-OH is 1. The first-order valence-electron chi connectivity index (χ1n) is 4.13. The molecule has 0 aromatic rings. The number of hydrogen-bond donors (Lipinski definition) is 1. The van der Waals surface area contributed by atoms with Crippen LogP contribution in [0, 0.1) is 0 Å². The zero-order valence-electron chi connectivity index (χ0n) is 7.46. The van der Waals surface area contributed by atoms with E-state index < -0.39 is 6.10 Å². The fourth-order valence-electron chi connectivity index (χ4n) is 1.47. The van der Waals surface area contributed by atoms with E-state index in [1.807, 2.05) is 0 Å². The Morgan fingerprint density at radius 1 is 1.67 bits per heavy atom. The van der Waals surface area contributed by atoms with Crippen LogP contribution in [-0.4, -0.2) is 24.3 Å². The molecule has 1 aliphatic carbocycles. The predicted octanol–water partition coefficient (Wildman–Crippen LogP) is 1.02. The smallest absolute Gasteiger partial charge is 0.333 e. The summed E-state index contributed by atoms with van der Waals surface area (Å²) in [5.74, 6) is -0.300. The van der Waals surface area contributed by atoms with Gasteiger partial charge in [0, 0.05) is 5.57 Å². The number of ether oxygens (including phenoxy) is 1. The van der Waals surface area contributed by atoms with Crippen LogP contribution in [-0.2, 0) is 9.53 Å². The second kappa shape index (κ2) is 3.72. The molecule has 0 aromatic heterocycles. The maximum Gasteiger partial charge on any atom is 0.333 e. The Hall–Kier alpha value is -0.830. The van der Waals surface area contributed by atoms with Crippen LogP contribution in [0.25, 0.3) is 0 Å². The van der Waals surface area contributed by atoms with Crippen molar-refractivity contribution in [3.05, 3.63) is 11.1 Å². The molecule has 1 atom stereocenters. The van der Waals surface area contributed by atoms with Gasteiger partial charge in [0.25, 0.3) is 0 Å². The fourth-order valence-corrected chi connectivity index (χ4v) is 1.47. The van der Waals surface area contributed by atoms with Crippen LogP contribution in [0.2, 0.25) is 0 Å². The number of rotatable bonds is 1. The lowest BCUT2D eigenvalue weighted by Crippen LogP contribution is -2.20. The van der Waals surface area contributed by atoms with E-state index >= 15 is 0 Å². The summed E-state index contributed by atoms with van der Waals surface area (Å²) in [4.78, 5) is 11.1. The van der Waals surface area contributed by atoms with Gasteiger partial charge in [0.15, 0.2) is 0 Å². The van der Waals surface area contributed by atoms with Crippen LogP contribution >= 0.6 is 0 Å². The molecule has 0 fully saturated rings. The maximum atomic E-state index is 11.1. The van der Waals surface area contributed by atoms with Gasteiger partial charge < -0.3 is 9.84 Å². The van der Waals surface area contributed by atoms with Crippen LogP contribution in [0.3, 0.4) is 0 Å². The average Bonchev–Trinajstić information content (AvgIpc) is 2.08. The average molecular weight is 170 g/mol. The van der Waals surface area contributed by atoms with Crippen molar-refractivity contribution < 1.29 is 14.6 Å². The molecule has 0 heterocycles. The number of methoxy groups -OCH3 is 1. The summed E-state index contributed by atoms with van der Waals surface area (Å²) in [5.41, 5.74) is 1.42. The van der Waals surface area contributed by atoms with Crippen molar-refractivity contribution in [3.63, 3.8) is 0 Å². The summed E-state index contributed by atoms with van der Waals surface area (Å²) >= 11 is 0. The molecule has 0 saturated heterocycles. The maximum absolute atomic E-state index is 11.1. The number of esters is 1. The summed E-state index contributed by atoms with van der Waals surface area (Å²) in [6.07, 6.45) is 1.90. The fraction of sp³-hybridized carbons (Fsp3) is 0.667. The number of aliphatic hydroxyl groups is 1. The van der Waals surface area contributed by atoms with Crippen LogP contribution < -0.4 is 0 Å². The van der Waals surface area contributed by atoms with E-state index in [9.17, 15) is 9.90 Å². The van der Waals surface area contributed by atoms with E-state index in [1.54, 1.807) is 6.92 Å². The summed E-state index contributed by atoms with van der Waals surface area (Å²) in [6, 6.07) is 0. The predicted molar refractivity (Wildman–Crippen MR) is 44.6 cm³/mol. The molecule has 3 heteroatoms. The minimum atomic E-state index is -0.451. The molecule has 1 aliphatic rings. The van der Waals surface area contributed by atoms with E-state index in [2.05, 4.69) is 4.74 Å². The molecule has 3 nitrogen and oxygen atoms in total. The van der Waals surface area contributed by atoms with E-state index in [-0.39, 0.29) is 5.97 Å². The standard InChI is InChI=1S/C9H14O3/c1-6-7(9(11)12-2)4-3-5-8(6)10/h8,10H,3-5H2,1-2H3/t8-/m0/s1. The zero-order chi connectivity index (χ0) is 9.14. The van der Waals surface area contributed by atoms with Gasteiger partial charge in [-0.05, 0) is 31.8 Å². The van der Waals surface area contributed by atoms with Crippen molar-refractivity contribution in [2.75, 3.05) is 7.11 Å². The normalized spacial score (nSPS) is 24.1. The molecule has 68 valence electrons. The Bertz CT molecular complexity index is 218. The highest BCUT2D eigenvalue weighted by molar-refractivity contribution is 5.89. The lowest BCUT2D eigenvalue weighted by Gasteiger charge is -2.20. The Balaban J connectivity index is 2.85. The summed E-state index contributed by atoms with van der Waals surface area (Å²) < 4.78 is 4.60. The third kappa shape index (κ3) is 1.67. The van der Waals surface area contributed by atoms with Gasteiger partial charge in [0.2, 0.25) is 0 Å². The van der Waals surface area contributed by atoms with Crippen LogP contribution in [0.5, 0.6) is 0 Å². The molecule has 12 heavy (non-hydrogen) atoms. The van der Waals surface area contributed by atoms with Gasteiger partial charge in [0.05, 0.1) is 13.2 Å². The highest BCUT2D eigenvalue weighted by Gasteiger charge is 2.22. The van der Waals surface area contributed by atoms with E-state index in [0.29, 0.717) is 5.57 Å². The second-order valence-electron chi connectivity index (χ2n) is 3.06. The molecule has 0 bridgehead atoms. The first kappa shape index (κ1) is 9.26. The Morgan fingerprint density at radius 3 is 2.92 bits per heavy atom. The van der Waals surface area contributed by atoms with Gasteiger partial charge in [-0.3, -0.25) is 0 Å². The molecular weight excluding hydrogens is 156 g/mol. The van der Waals surface area contributed by atoms with Gasteiger partial charge in [0.1, 0.15) is 0 Å². The van der Waals surface area contributed by atoms with E-state index in [0.717, 1.165) is 24.8 Å². The molecule has 0 radical (unpaired) electrons. The van der Waals surface area contributed by atoms with Crippen molar-refractivity contribution in [1.82, 2.24) is 0 Å². The summed E-state index contributed by atoms with van der Waals surface area (Å²) in [7, 11) is 1.36. The highest BCUT2D eigenvalue weighted by atomic mass is 16.5. The van der Waals surface area contributed by atoms with Crippen molar-refractivity contribution in [2.45, 2.75) is 32.3 Å². The SMILES string of the molecule is COC(=O)C1=C(C)[C@@H](O)CCC1. The quantitative estimate of drug-likeness (QED) is 0.598. The number of hydrogen-bond acceptors (Lipinski definition) is 3. The number of carbonyl (C=O) groups is 1. The molecule has 0 unspecified atom stereocenters. The minimum Gasteiger partial charge on any atom is -0.466 e. The molecule has 1 rings (SSSR count). The Kier molecular flexibility index (Phi) is 2.87. The van der Waals surface area contributed by atoms with E-state index in [1.165, 1.54) is 7.11 Å². The summed E-state index contributed by atoms with van der Waals surface area (Å²) in [6.45, 7) is 1.79. The highest BCUT2D eigenvalue weighted by Crippen LogP contribution is 2.25. The van der Waals surface area contributed by atoms with E-state index in [4.69, 9.17) is 0 Å². The minimum absolute atomic E-state index is 0.300. The topological polar surface area (TPSA) is 46.5 Å². The molecule has 0 saturated carbocycles. The van der Waals surface area contributed by atoms with Crippen molar-refractivity contribution in [1.29, 1.82) is 0 Å². The van der Waals surface area contributed by atoms with Crippen LogP contribution in [0.1, 0.15) is 26.2 Å². The summed E-state index contributed by atoms with van der Waals surface area (Å²) in [5, 5.41) is 9.43. The Labute approximate surface area is 72.0 Å². The Morgan fingerprint density at radius 2 is 2.33 bits per heavy atom. The van der Waals surface area contributed by atoms with Crippen LogP contribution in [0.15, 0.2) is 11.1 Å². The van der Waals surface area contributed by atoms with Gasteiger partial charge in [-0.15, -0.1) is 0 Å². The molecule has 1 N–H and O–H groups in total. The first-order chi connectivity index (χ1) is 5.66. The third-order valence-electron chi connectivity index (χ3n) is 2.31. The molecule has 0 spiro atoms. The zero-order valence-corrected chi connectivity index (χ0v) is 7.46. The van der Waals surface area contributed by atoms with Gasteiger partial charge in [-0.2, -0.15) is 0 Å². The molecule has 0 aliphatic heterocycles. The van der Waals surface area contributed by atoms with Gasteiger partial charge >= 0.3 is 5.97 Å². The van der Waals surface area contributed by atoms with Crippen LogP contribution in [0.4, 0.5) is 0 Å². The first-order valence-corrected chi connectivity index (χ1v) is 4.13. The lowest BCUT2D eigenvalue weighted by atomic mass is 9.90.